The summed E-state index contributed by atoms with van der Waals surface area (Å²) in [6, 6.07) is 19.2. The molecule has 0 radical (unpaired) electrons. The predicted octanol–water partition coefficient (Wildman–Crippen LogP) is 6.42. The van der Waals surface area contributed by atoms with Crippen molar-refractivity contribution in [2.45, 2.75) is 58.0 Å². The molecule has 2 rings (SSSR count). The zero-order chi connectivity index (χ0) is 17.2. The second kappa shape index (κ2) is 9.92. The topological polar surface area (TPSA) is 21.6 Å². The van der Waals surface area contributed by atoms with Crippen molar-refractivity contribution in [2.75, 3.05) is 0 Å². The molecule has 0 aliphatic heterocycles. The van der Waals surface area contributed by atoms with Gasteiger partial charge in [-0.1, -0.05) is 92.8 Å². The molecule has 0 spiro atoms. The van der Waals surface area contributed by atoms with Gasteiger partial charge >= 0.3 is 0 Å². The lowest BCUT2D eigenvalue weighted by atomic mass is 9.84. The van der Waals surface area contributed by atoms with Crippen molar-refractivity contribution < 1.29 is 4.84 Å². The van der Waals surface area contributed by atoms with Crippen LogP contribution in [0, 0.1) is 6.92 Å². The van der Waals surface area contributed by atoms with Crippen molar-refractivity contribution in [1.82, 2.24) is 0 Å². The molecule has 2 atom stereocenters. The van der Waals surface area contributed by atoms with Crippen LogP contribution in [0.25, 0.3) is 0 Å². The quantitative estimate of drug-likeness (QED) is 0.281. The van der Waals surface area contributed by atoms with E-state index in [0.29, 0.717) is 0 Å². The largest absolute Gasteiger partial charge is 0.388 e. The molecule has 0 bridgehead atoms. The van der Waals surface area contributed by atoms with Crippen LogP contribution < -0.4 is 0 Å². The molecule has 0 saturated carbocycles. The van der Waals surface area contributed by atoms with Gasteiger partial charge in [-0.2, -0.15) is 0 Å². The van der Waals surface area contributed by atoms with Gasteiger partial charge in [-0.3, -0.25) is 0 Å². The van der Waals surface area contributed by atoms with Crippen LogP contribution in [-0.2, 0) is 4.84 Å². The van der Waals surface area contributed by atoms with E-state index in [1.165, 1.54) is 36.8 Å². The minimum absolute atomic E-state index is 0.0898. The van der Waals surface area contributed by atoms with E-state index >= 15 is 0 Å². The summed E-state index contributed by atoms with van der Waals surface area (Å²) in [5, 5.41) is 3.77. The van der Waals surface area contributed by atoms with Gasteiger partial charge in [0.2, 0.25) is 0 Å². The maximum absolute atomic E-state index is 5.75. The van der Waals surface area contributed by atoms with Crippen molar-refractivity contribution in [3.63, 3.8) is 0 Å². The molecule has 0 heterocycles. The lowest BCUT2D eigenvalue weighted by molar-refractivity contribution is 0.0365. The zero-order valence-corrected chi connectivity index (χ0v) is 14.9. The van der Waals surface area contributed by atoms with E-state index in [1.807, 2.05) is 6.07 Å². The number of nitrogens with zero attached hydrogens (tertiary/aromatic N) is 1. The lowest BCUT2D eigenvalue weighted by Crippen LogP contribution is -2.13. The number of benzene rings is 2. The Hall–Kier alpha value is -2.09. The second-order valence-electron chi connectivity index (χ2n) is 6.43. The molecule has 0 aromatic heterocycles. The molecule has 2 aromatic carbocycles. The van der Waals surface area contributed by atoms with Gasteiger partial charge in [0.15, 0.2) is 6.10 Å². The van der Waals surface area contributed by atoms with Gasteiger partial charge in [-0.25, -0.2) is 0 Å². The molecule has 2 nitrogen and oxygen atoms in total. The highest BCUT2D eigenvalue weighted by Crippen LogP contribution is 2.38. The molecule has 2 heteroatoms. The fraction of sp³-hybridized carbons (Fsp3) is 0.409. The molecule has 2 unspecified atom stereocenters. The fourth-order valence-electron chi connectivity index (χ4n) is 3.19. The Morgan fingerprint density at radius 1 is 0.917 bits per heavy atom. The molecular weight excluding hydrogens is 294 g/mol. The van der Waals surface area contributed by atoms with Crippen molar-refractivity contribution in [3.05, 3.63) is 71.3 Å². The molecule has 0 aliphatic carbocycles. The molecule has 0 N–H and O–H groups in total. The third-order valence-corrected chi connectivity index (χ3v) is 4.56. The van der Waals surface area contributed by atoms with Gasteiger partial charge in [0, 0.05) is 12.6 Å². The van der Waals surface area contributed by atoms with Gasteiger partial charge in [-0.15, -0.1) is 5.16 Å². The van der Waals surface area contributed by atoms with Crippen LogP contribution in [0.5, 0.6) is 0 Å². The Morgan fingerprint density at radius 2 is 1.62 bits per heavy atom. The van der Waals surface area contributed by atoms with E-state index < -0.39 is 0 Å². The zero-order valence-electron chi connectivity index (χ0n) is 14.9. The summed E-state index contributed by atoms with van der Waals surface area (Å²) in [5.74, 6) is 0.287. The first kappa shape index (κ1) is 18.3. The molecule has 128 valence electrons. The van der Waals surface area contributed by atoms with Crippen LogP contribution in [0.4, 0.5) is 0 Å². The number of oxime groups is 1. The van der Waals surface area contributed by atoms with Gasteiger partial charge in [0.25, 0.3) is 0 Å². The Kier molecular flexibility index (Phi) is 7.54. The number of hydrogen-bond donors (Lipinski definition) is 0. The van der Waals surface area contributed by atoms with Crippen molar-refractivity contribution in [2.24, 2.45) is 5.16 Å². The smallest absolute Gasteiger partial charge is 0.159 e. The third kappa shape index (κ3) is 5.23. The minimum Gasteiger partial charge on any atom is -0.388 e. The maximum Gasteiger partial charge on any atom is 0.159 e. The van der Waals surface area contributed by atoms with Crippen LogP contribution in [-0.4, -0.2) is 6.72 Å². The van der Waals surface area contributed by atoms with Gasteiger partial charge < -0.3 is 4.84 Å². The Bertz CT molecular complexity index is 591. The van der Waals surface area contributed by atoms with Crippen molar-refractivity contribution in [1.29, 1.82) is 0 Å². The highest BCUT2D eigenvalue weighted by molar-refractivity contribution is 5.29. The number of hydrogen-bond acceptors (Lipinski definition) is 2. The summed E-state index contributed by atoms with van der Waals surface area (Å²) in [6.45, 7) is 7.92. The van der Waals surface area contributed by atoms with Crippen molar-refractivity contribution in [3.8, 4) is 0 Å². The predicted molar refractivity (Wildman–Crippen MR) is 102 cm³/mol. The molecule has 0 aliphatic rings. The van der Waals surface area contributed by atoms with Gasteiger partial charge in [-0.05, 0) is 24.5 Å². The van der Waals surface area contributed by atoms with E-state index in [4.69, 9.17) is 4.84 Å². The Labute approximate surface area is 146 Å². The van der Waals surface area contributed by atoms with E-state index in [0.717, 1.165) is 12.0 Å². The highest BCUT2D eigenvalue weighted by atomic mass is 16.6. The molecule has 0 amide bonds. The first-order chi connectivity index (χ1) is 11.8. The Morgan fingerprint density at radius 3 is 2.25 bits per heavy atom. The SMILES string of the molecule is C=NOC(c1ccccc1)C(CCCCCC)c1ccc(C)cc1. The van der Waals surface area contributed by atoms with E-state index in [-0.39, 0.29) is 12.0 Å². The second-order valence-corrected chi connectivity index (χ2v) is 6.43. The monoisotopic (exact) mass is 323 g/mol. The third-order valence-electron chi connectivity index (χ3n) is 4.56. The van der Waals surface area contributed by atoms with Crippen LogP contribution in [0.1, 0.15) is 67.7 Å². The lowest BCUT2D eigenvalue weighted by Gasteiger charge is -2.26. The van der Waals surface area contributed by atoms with Crippen molar-refractivity contribution >= 4 is 6.72 Å². The number of rotatable bonds is 10. The fourth-order valence-corrected chi connectivity index (χ4v) is 3.19. The summed E-state index contributed by atoms with van der Waals surface area (Å²) < 4.78 is 0. The summed E-state index contributed by atoms with van der Waals surface area (Å²) in [6.07, 6.45) is 6.02. The van der Waals surface area contributed by atoms with Gasteiger partial charge in [0.05, 0.1) is 0 Å². The summed E-state index contributed by atoms with van der Waals surface area (Å²) >= 11 is 0. The van der Waals surface area contributed by atoms with Crippen LogP contribution in [0.3, 0.4) is 0 Å². The summed E-state index contributed by atoms with van der Waals surface area (Å²) in [5.41, 5.74) is 3.75. The van der Waals surface area contributed by atoms with E-state index in [9.17, 15) is 0 Å². The Balaban J connectivity index is 2.26. The van der Waals surface area contributed by atoms with Gasteiger partial charge in [0.1, 0.15) is 0 Å². The van der Waals surface area contributed by atoms with E-state index in [2.05, 4.69) is 74.3 Å². The van der Waals surface area contributed by atoms with Crippen LogP contribution in [0.15, 0.2) is 59.8 Å². The highest BCUT2D eigenvalue weighted by Gasteiger charge is 2.26. The number of aryl methyl sites for hydroxylation is 1. The molecule has 24 heavy (non-hydrogen) atoms. The van der Waals surface area contributed by atoms with Crippen LogP contribution >= 0.6 is 0 Å². The molecule has 0 saturated heterocycles. The average molecular weight is 323 g/mol. The minimum atomic E-state index is -0.0898. The first-order valence-electron chi connectivity index (χ1n) is 8.99. The molecule has 0 fully saturated rings. The summed E-state index contributed by atoms with van der Waals surface area (Å²) in [4.78, 5) is 5.75. The first-order valence-corrected chi connectivity index (χ1v) is 8.99. The van der Waals surface area contributed by atoms with E-state index in [1.54, 1.807) is 0 Å². The normalized spacial score (nSPS) is 13.2. The average Bonchev–Trinajstić information content (AvgIpc) is 2.62. The maximum atomic E-state index is 5.75. The molecule has 2 aromatic rings. The standard InChI is InChI=1S/C22H29NO/c1-4-5-6-10-13-21(19-16-14-18(2)15-17-19)22(24-23-3)20-11-8-7-9-12-20/h7-9,11-12,14-17,21-22H,3-6,10,13H2,1-2H3. The number of unbranched alkanes of at least 4 members (excludes halogenated alkanes) is 3. The summed E-state index contributed by atoms with van der Waals surface area (Å²) in [7, 11) is 0. The molecular formula is C22H29NO. The van der Waals surface area contributed by atoms with Crippen LogP contribution in [0.2, 0.25) is 0 Å².